The lowest BCUT2D eigenvalue weighted by atomic mass is 10.0. The second kappa shape index (κ2) is 10.5. The van der Waals surface area contributed by atoms with Gasteiger partial charge in [0.15, 0.2) is 0 Å². The third-order valence-electron chi connectivity index (χ3n) is 6.02. The van der Waals surface area contributed by atoms with Crippen molar-refractivity contribution in [3.8, 4) is 5.75 Å². The maximum atomic E-state index is 13.5. The molecule has 1 aliphatic heterocycles. The van der Waals surface area contributed by atoms with Crippen LogP contribution in [0.1, 0.15) is 42.1 Å². The molecule has 0 radical (unpaired) electrons. The molecule has 1 heterocycles. The van der Waals surface area contributed by atoms with Gasteiger partial charge in [-0.3, -0.25) is 14.7 Å². The molecule has 1 amide bonds. The van der Waals surface area contributed by atoms with E-state index in [9.17, 15) is 35.5 Å². The molecule has 3 aromatic rings. The first-order valence-corrected chi connectivity index (χ1v) is 11.4. The van der Waals surface area contributed by atoms with Gasteiger partial charge in [-0.15, -0.1) is 0 Å². The molecule has 11 heteroatoms. The fourth-order valence-corrected chi connectivity index (χ4v) is 4.15. The number of alkyl halides is 7. The van der Waals surface area contributed by atoms with E-state index in [1.54, 1.807) is 19.1 Å². The Morgan fingerprint density at radius 2 is 1.58 bits per heavy atom. The van der Waals surface area contributed by atoms with Crippen LogP contribution in [0.4, 0.5) is 36.4 Å². The molecule has 1 fully saturated rings. The second-order valence-corrected chi connectivity index (χ2v) is 8.64. The second-order valence-electron chi connectivity index (χ2n) is 8.64. The zero-order valence-electron chi connectivity index (χ0n) is 19.8. The molecule has 38 heavy (non-hydrogen) atoms. The van der Waals surface area contributed by atoms with Crippen LogP contribution in [0.3, 0.4) is 0 Å². The zero-order valence-corrected chi connectivity index (χ0v) is 19.8. The Balaban J connectivity index is 1.73. The fraction of sp³-hybridized carbons (Fsp3) is 0.259. The molecular formula is C27H21F7N2O2. The van der Waals surface area contributed by atoms with Gasteiger partial charge in [0.1, 0.15) is 11.5 Å². The predicted molar refractivity (Wildman–Crippen MR) is 127 cm³/mol. The maximum Gasteiger partial charge on any atom is 0.461 e. The quantitative estimate of drug-likeness (QED) is 0.291. The Hall–Kier alpha value is -3.89. The van der Waals surface area contributed by atoms with Crippen LogP contribution in [0, 0.1) is 0 Å². The summed E-state index contributed by atoms with van der Waals surface area (Å²) in [5.41, 5.74) is 0.395. The Morgan fingerprint density at radius 1 is 0.921 bits per heavy atom. The first kappa shape index (κ1) is 27.2. The summed E-state index contributed by atoms with van der Waals surface area (Å²) >= 11 is 0. The van der Waals surface area contributed by atoms with E-state index in [0.717, 1.165) is 42.0 Å². The van der Waals surface area contributed by atoms with Crippen molar-refractivity contribution in [1.29, 1.82) is 0 Å². The highest BCUT2D eigenvalue weighted by Crippen LogP contribution is 2.40. The molecule has 3 aromatic carbocycles. The van der Waals surface area contributed by atoms with E-state index in [2.05, 4.69) is 9.73 Å². The summed E-state index contributed by atoms with van der Waals surface area (Å²) in [5.74, 6) is -1.14. The minimum absolute atomic E-state index is 0.00821. The molecule has 0 bridgehead atoms. The van der Waals surface area contributed by atoms with E-state index in [0.29, 0.717) is 0 Å². The molecule has 0 N–H and O–H groups in total. The largest absolute Gasteiger partial charge is 0.461 e. The standard InChI is InChI=1S/C27H21F7N2O2/c1-16(17-6-3-2-4-7-17)35-22-15-23(18-8-5-9-21(14-18)38-27(33,34)25(28)29)36(24(22)37)20-12-10-19(11-13-20)26(30,31)32/h2-14,16,23,25H,15H2,1H3/t16-,23-/m1/s1. The molecular weight excluding hydrogens is 517 g/mol. The van der Waals surface area contributed by atoms with Crippen LogP contribution < -0.4 is 9.64 Å². The maximum absolute atomic E-state index is 13.5. The van der Waals surface area contributed by atoms with Crippen LogP contribution in [-0.2, 0) is 11.0 Å². The van der Waals surface area contributed by atoms with Gasteiger partial charge in [-0.25, -0.2) is 0 Å². The molecule has 4 rings (SSSR count). The van der Waals surface area contributed by atoms with Gasteiger partial charge < -0.3 is 4.74 Å². The first-order chi connectivity index (χ1) is 17.9. The van der Waals surface area contributed by atoms with E-state index in [-0.39, 0.29) is 23.4 Å². The van der Waals surface area contributed by atoms with Crippen molar-refractivity contribution in [2.45, 2.75) is 44.1 Å². The van der Waals surface area contributed by atoms with Crippen molar-refractivity contribution in [2.24, 2.45) is 4.99 Å². The Morgan fingerprint density at radius 3 is 2.18 bits per heavy atom. The van der Waals surface area contributed by atoms with E-state index in [4.69, 9.17) is 0 Å². The highest BCUT2D eigenvalue weighted by molar-refractivity contribution is 6.46. The molecule has 1 saturated heterocycles. The number of anilines is 1. The van der Waals surface area contributed by atoms with Crippen LogP contribution in [0.25, 0.3) is 0 Å². The number of aliphatic imine (C=N–C) groups is 1. The van der Waals surface area contributed by atoms with Crippen molar-refractivity contribution in [3.63, 3.8) is 0 Å². The van der Waals surface area contributed by atoms with Crippen molar-refractivity contribution >= 4 is 17.3 Å². The topological polar surface area (TPSA) is 41.9 Å². The lowest BCUT2D eigenvalue weighted by molar-refractivity contribution is -0.253. The number of rotatable bonds is 7. The molecule has 1 aliphatic rings. The normalized spacial score (nSPS) is 18.3. The lowest BCUT2D eigenvalue weighted by Gasteiger charge is -2.25. The summed E-state index contributed by atoms with van der Waals surface area (Å²) in [6.45, 7) is 1.77. The van der Waals surface area contributed by atoms with Gasteiger partial charge in [0.05, 0.1) is 17.6 Å². The monoisotopic (exact) mass is 538 g/mol. The predicted octanol–water partition coefficient (Wildman–Crippen LogP) is 7.62. The molecule has 200 valence electrons. The van der Waals surface area contributed by atoms with E-state index < -0.39 is 48.0 Å². The van der Waals surface area contributed by atoms with Gasteiger partial charge in [0.25, 0.3) is 5.91 Å². The minimum atomic E-state index is -4.74. The first-order valence-electron chi connectivity index (χ1n) is 11.4. The van der Waals surface area contributed by atoms with Gasteiger partial charge >= 0.3 is 18.7 Å². The van der Waals surface area contributed by atoms with Crippen molar-refractivity contribution in [2.75, 3.05) is 4.90 Å². The average Bonchev–Trinajstić information content (AvgIpc) is 3.19. The summed E-state index contributed by atoms with van der Waals surface area (Å²) in [7, 11) is 0. The highest BCUT2D eigenvalue weighted by Gasteiger charge is 2.44. The number of hydrogen-bond acceptors (Lipinski definition) is 3. The van der Waals surface area contributed by atoms with E-state index in [1.807, 2.05) is 18.2 Å². The van der Waals surface area contributed by atoms with Crippen LogP contribution in [0.2, 0.25) is 0 Å². The Kier molecular flexibility index (Phi) is 7.48. The number of ether oxygens (including phenoxy) is 1. The highest BCUT2D eigenvalue weighted by atomic mass is 19.4. The molecule has 0 aromatic heterocycles. The van der Waals surface area contributed by atoms with Crippen LogP contribution in [0.5, 0.6) is 5.75 Å². The third-order valence-corrected chi connectivity index (χ3v) is 6.02. The van der Waals surface area contributed by atoms with Gasteiger partial charge in [-0.1, -0.05) is 42.5 Å². The average molecular weight is 538 g/mol. The summed E-state index contributed by atoms with van der Waals surface area (Å²) in [4.78, 5) is 19.2. The molecule has 0 unspecified atom stereocenters. The van der Waals surface area contributed by atoms with Crippen molar-refractivity contribution in [1.82, 2.24) is 0 Å². The molecule has 0 saturated carbocycles. The number of benzene rings is 3. The molecule has 0 aliphatic carbocycles. The summed E-state index contributed by atoms with van der Waals surface area (Å²) < 4.78 is 95.7. The number of carbonyl (C=O) groups is 1. The van der Waals surface area contributed by atoms with Gasteiger partial charge in [0, 0.05) is 12.1 Å². The summed E-state index contributed by atoms with van der Waals surface area (Å²) in [5, 5.41) is 0. The van der Waals surface area contributed by atoms with Gasteiger partial charge in [-0.2, -0.15) is 30.7 Å². The van der Waals surface area contributed by atoms with Crippen LogP contribution in [0.15, 0.2) is 83.9 Å². The molecule has 4 nitrogen and oxygen atoms in total. The smallest absolute Gasteiger partial charge is 0.428 e. The van der Waals surface area contributed by atoms with Crippen molar-refractivity contribution < 1.29 is 40.3 Å². The number of amides is 1. The van der Waals surface area contributed by atoms with Gasteiger partial charge in [-0.05, 0) is 54.4 Å². The number of halogens is 7. The zero-order chi connectivity index (χ0) is 27.7. The van der Waals surface area contributed by atoms with E-state index in [1.165, 1.54) is 17.0 Å². The fourth-order valence-electron chi connectivity index (χ4n) is 4.15. The van der Waals surface area contributed by atoms with Crippen molar-refractivity contribution in [3.05, 3.63) is 95.6 Å². The number of hydrogen-bond donors (Lipinski definition) is 0. The number of nitrogens with zero attached hydrogens (tertiary/aromatic N) is 2. The molecule has 0 spiro atoms. The minimum Gasteiger partial charge on any atom is -0.428 e. The molecule has 2 atom stereocenters. The van der Waals surface area contributed by atoms with Crippen LogP contribution >= 0.6 is 0 Å². The lowest BCUT2D eigenvalue weighted by Crippen LogP contribution is -2.33. The summed E-state index contributed by atoms with van der Waals surface area (Å²) in [6.07, 6.45) is -13.4. The van der Waals surface area contributed by atoms with Gasteiger partial charge in [0.2, 0.25) is 0 Å². The third kappa shape index (κ3) is 5.81. The SMILES string of the molecule is C[C@@H](N=C1C[C@H](c2cccc(OC(F)(F)C(F)F)c2)N(c2ccc(C(F)(F)F)cc2)C1=O)c1ccccc1. The van der Waals surface area contributed by atoms with E-state index >= 15 is 0 Å². The number of carbonyl (C=O) groups excluding carboxylic acids is 1. The Bertz CT molecular complexity index is 1310. The van der Waals surface area contributed by atoms with Crippen LogP contribution in [-0.4, -0.2) is 24.2 Å². The Labute approximate surface area is 213 Å². The summed E-state index contributed by atoms with van der Waals surface area (Å²) in [6, 6.07) is 16.6.